The Hall–Kier alpha value is -2.32. The molecule has 0 bridgehead atoms. The largest absolute Gasteiger partial charge is 0.472 e. The number of hydrogen-bond donors (Lipinski definition) is 1. The van der Waals surface area contributed by atoms with Crippen molar-refractivity contribution in [2.45, 2.75) is 187 Å². The predicted molar refractivity (Wildman–Crippen MR) is 261 cm³/mol. The highest BCUT2D eigenvalue weighted by molar-refractivity contribution is 7.47. The fraction of sp³-hybridized carbons (Fsp3) is 0.712. The van der Waals surface area contributed by atoms with Gasteiger partial charge in [-0.3, -0.25) is 13.8 Å². The van der Waals surface area contributed by atoms with Gasteiger partial charge in [-0.1, -0.05) is 170 Å². The number of carbonyl (C=O) groups excluding carboxylic acids is 1. The number of esters is 1. The van der Waals surface area contributed by atoms with E-state index in [0.717, 1.165) is 77.0 Å². The Labute approximate surface area is 375 Å². The quantitative estimate of drug-likeness (QED) is 0.0214. The van der Waals surface area contributed by atoms with E-state index in [1.165, 1.54) is 83.5 Å². The first-order valence-electron chi connectivity index (χ1n) is 24.3. The molecule has 1 N–H and O–H groups in total. The maximum Gasteiger partial charge on any atom is 0.472 e. The van der Waals surface area contributed by atoms with Gasteiger partial charge in [-0.05, 0) is 89.9 Å². The molecule has 0 heterocycles. The number of unbranched alkanes of at least 4 members (excludes halogenated alkanes) is 16. The highest BCUT2D eigenvalue weighted by Crippen LogP contribution is 2.43. The number of nitrogens with zero attached hydrogens (tertiary/aromatic N) is 1. The number of carbonyl (C=O) groups is 1. The summed E-state index contributed by atoms with van der Waals surface area (Å²) in [5.41, 5.74) is 0. The zero-order chi connectivity index (χ0) is 44.8. The summed E-state index contributed by atoms with van der Waals surface area (Å²) >= 11 is 0. The van der Waals surface area contributed by atoms with E-state index in [4.69, 9.17) is 18.5 Å². The second-order valence-electron chi connectivity index (χ2n) is 17.1. The Morgan fingerprint density at radius 2 is 0.951 bits per heavy atom. The van der Waals surface area contributed by atoms with Crippen molar-refractivity contribution < 1.29 is 37.3 Å². The lowest BCUT2D eigenvalue weighted by molar-refractivity contribution is -0.870. The van der Waals surface area contributed by atoms with Crippen molar-refractivity contribution in [2.24, 2.45) is 0 Å². The second kappa shape index (κ2) is 44.3. The summed E-state index contributed by atoms with van der Waals surface area (Å²) in [5, 5.41) is 0. The van der Waals surface area contributed by atoms with Gasteiger partial charge < -0.3 is 18.9 Å². The minimum absolute atomic E-state index is 0.0748. The Balaban J connectivity index is 4.27. The van der Waals surface area contributed by atoms with Crippen LogP contribution in [0.2, 0.25) is 0 Å². The van der Waals surface area contributed by atoms with Crippen molar-refractivity contribution in [3.05, 3.63) is 85.1 Å². The molecule has 9 heteroatoms. The number of quaternary nitrogens is 1. The molecule has 2 unspecified atom stereocenters. The number of allylic oxidation sites excluding steroid dienone is 14. The van der Waals surface area contributed by atoms with E-state index in [9.17, 15) is 14.3 Å². The minimum atomic E-state index is -4.30. The van der Waals surface area contributed by atoms with E-state index >= 15 is 0 Å². The summed E-state index contributed by atoms with van der Waals surface area (Å²) in [6, 6.07) is 0. The average molecular weight is 875 g/mol. The summed E-state index contributed by atoms with van der Waals surface area (Å²) in [5.74, 6) is -0.336. The third-order valence-corrected chi connectivity index (χ3v) is 10.9. The van der Waals surface area contributed by atoms with Gasteiger partial charge in [-0.2, -0.15) is 0 Å². The van der Waals surface area contributed by atoms with Crippen molar-refractivity contribution in [3.63, 3.8) is 0 Å². The van der Waals surface area contributed by atoms with Crippen LogP contribution >= 0.6 is 7.82 Å². The molecule has 0 fully saturated rings. The number of hydrogen-bond acceptors (Lipinski definition) is 6. The molecule has 0 aromatic carbocycles. The lowest BCUT2D eigenvalue weighted by Crippen LogP contribution is -2.37. The molecule has 0 aliphatic rings. The number of phosphoric acid groups is 1. The van der Waals surface area contributed by atoms with Crippen LogP contribution in [0.4, 0.5) is 0 Å². The van der Waals surface area contributed by atoms with Crippen molar-refractivity contribution in [1.82, 2.24) is 0 Å². The number of ether oxygens (including phenoxy) is 2. The van der Waals surface area contributed by atoms with Gasteiger partial charge in [0.1, 0.15) is 19.3 Å². The second-order valence-corrected chi connectivity index (χ2v) is 18.6. The zero-order valence-electron chi connectivity index (χ0n) is 39.9. The predicted octanol–water partition coefficient (Wildman–Crippen LogP) is 14.8. The minimum Gasteiger partial charge on any atom is -0.457 e. The van der Waals surface area contributed by atoms with E-state index in [-0.39, 0.29) is 25.8 Å². The van der Waals surface area contributed by atoms with Crippen molar-refractivity contribution in [3.8, 4) is 0 Å². The number of likely N-dealkylation sites (N-methyl/N-ethyl adjacent to an activating group) is 1. The molecule has 0 aliphatic carbocycles. The SMILES string of the molecule is CC/C=C\C/C=C\C/C=C\C/C=C\C/C=C\CCCCOCC(COP(=O)(O)OCC[N+](C)(C)C)OC(=O)CCCCCCCCCCC/C=C\C/C=C\CCCCCCC. The topological polar surface area (TPSA) is 91.3 Å². The smallest absolute Gasteiger partial charge is 0.457 e. The van der Waals surface area contributed by atoms with E-state index in [2.05, 4.69) is 98.9 Å². The molecule has 2 atom stereocenters. The molecule has 352 valence electrons. The van der Waals surface area contributed by atoms with Crippen LogP contribution in [0.15, 0.2) is 85.1 Å². The first kappa shape index (κ1) is 58.7. The zero-order valence-corrected chi connectivity index (χ0v) is 40.8. The van der Waals surface area contributed by atoms with Gasteiger partial charge in [0.15, 0.2) is 0 Å². The maximum absolute atomic E-state index is 12.7. The Morgan fingerprint density at radius 3 is 1.43 bits per heavy atom. The Bertz CT molecular complexity index is 1250. The molecule has 0 spiro atoms. The first-order valence-corrected chi connectivity index (χ1v) is 25.8. The van der Waals surface area contributed by atoms with Crippen LogP contribution in [-0.4, -0.2) is 75.6 Å². The van der Waals surface area contributed by atoms with Gasteiger partial charge in [0, 0.05) is 13.0 Å². The van der Waals surface area contributed by atoms with Crippen molar-refractivity contribution in [1.29, 1.82) is 0 Å². The van der Waals surface area contributed by atoms with Crippen LogP contribution in [0.25, 0.3) is 0 Å². The first-order chi connectivity index (χ1) is 29.6. The van der Waals surface area contributed by atoms with Gasteiger partial charge in [0.25, 0.3) is 0 Å². The molecular formula is C52H93NO7P+. The Kier molecular flexibility index (Phi) is 42.6. The van der Waals surface area contributed by atoms with E-state index in [1.54, 1.807) is 0 Å². The van der Waals surface area contributed by atoms with E-state index in [0.29, 0.717) is 24.1 Å². The van der Waals surface area contributed by atoms with Crippen LogP contribution in [-0.2, 0) is 27.9 Å². The van der Waals surface area contributed by atoms with Gasteiger partial charge in [-0.15, -0.1) is 0 Å². The fourth-order valence-electron chi connectivity index (χ4n) is 6.20. The molecule has 8 nitrogen and oxygen atoms in total. The molecule has 0 saturated heterocycles. The highest BCUT2D eigenvalue weighted by atomic mass is 31.2. The van der Waals surface area contributed by atoms with Crippen LogP contribution in [0.1, 0.15) is 181 Å². The standard InChI is InChI=1S/C52H92NO7P/c1-6-8-10-12-14-16-18-20-22-24-26-27-28-29-31-33-35-37-39-41-43-45-52(54)60-51(50-59-61(55,56)58-48-46-53(3,4)5)49-57-47-44-42-40-38-36-34-32-30-25-23-21-19-17-15-13-11-9-7-2/h9,11,15,17-18,20-21,23-24,26,30,32,36,38,51H,6-8,10,12-14,16,19,22,25,27-29,31,33-35,37,39-50H2,1-5H3/p+1/b11-9-,17-15-,20-18-,23-21-,26-24-,32-30-,38-36-. The normalized spacial score (nSPS) is 14.4. The van der Waals surface area contributed by atoms with E-state index < -0.39 is 13.9 Å². The maximum atomic E-state index is 12.7. The lowest BCUT2D eigenvalue weighted by atomic mass is 10.1. The van der Waals surface area contributed by atoms with Gasteiger partial charge >= 0.3 is 13.8 Å². The van der Waals surface area contributed by atoms with Crippen LogP contribution < -0.4 is 0 Å². The van der Waals surface area contributed by atoms with Crippen molar-refractivity contribution in [2.75, 3.05) is 54.1 Å². The molecule has 0 aliphatic heterocycles. The Morgan fingerprint density at radius 1 is 0.525 bits per heavy atom. The van der Waals surface area contributed by atoms with Crippen LogP contribution in [0.5, 0.6) is 0 Å². The van der Waals surface area contributed by atoms with Gasteiger partial charge in [0.2, 0.25) is 0 Å². The molecule has 0 rings (SSSR count). The monoisotopic (exact) mass is 875 g/mol. The molecule has 61 heavy (non-hydrogen) atoms. The molecule has 0 aromatic rings. The summed E-state index contributed by atoms with van der Waals surface area (Å²) in [4.78, 5) is 23.0. The van der Waals surface area contributed by atoms with Crippen LogP contribution in [0, 0.1) is 0 Å². The summed E-state index contributed by atoms with van der Waals surface area (Å²) in [7, 11) is 1.62. The van der Waals surface area contributed by atoms with Gasteiger partial charge in [-0.25, -0.2) is 4.57 Å². The average Bonchev–Trinajstić information content (AvgIpc) is 3.22. The fourth-order valence-corrected chi connectivity index (χ4v) is 6.94. The lowest BCUT2D eigenvalue weighted by Gasteiger charge is -2.24. The molecule has 0 amide bonds. The summed E-state index contributed by atoms with van der Waals surface area (Å²) < 4.78 is 35.0. The summed E-state index contributed by atoms with van der Waals surface area (Å²) in [6.07, 6.45) is 59.2. The van der Waals surface area contributed by atoms with Crippen LogP contribution in [0.3, 0.4) is 0 Å². The molecule has 0 radical (unpaired) electrons. The third kappa shape index (κ3) is 48.6. The molecule has 0 aromatic heterocycles. The number of rotatable bonds is 44. The molecular weight excluding hydrogens is 782 g/mol. The highest BCUT2D eigenvalue weighted by Gasteiger charge is 2.26. The summed E-state index contributed by atoms with van der Waals surface area (Å²) in [6.45, 7) is 5.37. The van der Waals surface area contributed by atoms with E-state index in [1.807, 2.05) is 21.1 Å². The van der Waals surface area contributed by atoms with Gasteiger partial charge in [0.05, 0.1) is 34.4 Å². The third-order valence-electron chi connectivity index (χ3n) is 9.94. The van der Waals surface area contributed by atoms with Crippen molar-refractivity contribution >= 4 is 13.8 Å². The number of phosphoric ester groups is 1. The molecule has 0 saturated carbocycles.